The van der Waals surface area contributed by atoms with Crippen molar-refractivity contribution < 1.29 is 9.53 Å². The fourth-order valence-corrected chi connectivity index (χ4v) is 2.77. The number of Topliss-reactive ketones (excluding diaryl/α,β-unsaturated/α-hetero) is 1. The van der Waals surface area contributed by atoms with Crippen LogP contribution in [0.15, 0.2) is 12.1 Å². The standard InChI is InChI=1S/C19H30O2/c1-6-8-17(20)10-14(3)11-19-15(4)12-18(13-16(19)5)21-9-7-2/h12-14H,6-11H2,1-5H3. The predicted octanol–water partition coefficient (Wildman–Crippen LogP) is 5.03. The van der Waals surface area contributed by atoms with Gasteiger partial charge in [-0.3, -0.25) is 4.79 Å². The molecular formula is C19H30O2. The van der Waals surface area contributed by atoms with E-state index in [2.05, 4.69) is 46.8 Å². The van der Waals surface area contributed by atoms with Crippen molar-refractivity contribution in [2.75, 3.05) is 6.61 Å². The van der Waals surface area contributed by atoms with Crippen LogP contribution in [0.2, 0.25) is 0 Å². The Kier molecular flexibility index (Phi) is 7.49. The van der Waals surface area contributed by atoms with Crippen LogP contribution in [-0.4, -0.2) is 12.4 Å². The first kappa shape index (κ1) is 17.7. The number of carbonyl (C=O) groups is 1. The number of rotatable bonds is 9. The Bertz CT molecular complexity index is 440. The molecule has 0 spiro atoms. The summed E-state index contributed by atoms with van der Waals surface area (Å²) < 4.78 is 5.72. The second-order valence-corrected chi connectivity index (χ2v) is 6.19. The molecule has 1 unspecified atom stereocenters. The summed E-state index contributed by atoms with van der Waals surface area (Å²) in [5.41, 5.74) is 3.92. The molecule has 0 N–H and O–H groups in total. The van der Waals surface area contributed by atoms with E-state index in [0.29, 0.717) is 24.5 Å². The van der Waals surface area contributed by atoms with Gasteiger partial charge in [-0.25, -0.2) is 0 Å². The first-order chi connectivity index (χ1) is 9.97. The van der Waals surface area contributed by atoms with Crippen LogP contribution in [0.3, 0.4) is 0 Å². The molecule has 0 heterocycles. The lowest BCUT2D eigenvalue weighted by Gasteiger charge is -2.17. The largest absolute Gasteiger partial charge is 0.494 e. The molecule has 1 aromatic rings. The molecular weight excluding hydrogens is 260 g/mol. The summed E-state index contributed by atoms with van der Waals surface area (Å²) in [6, 6.07) is 4.25. The number of ketones is 1. The molecule has 0 bridgehead atoms. The minimum atomic E-state index is 0.392. The maximum absolute atomic E-state index is 11.8. The van der Waals surface area contributed by atoms with Gasteiger partial charge in [0.2, 0.25) is 0 Å². The Morgan fingerprint density at radius 1 is 1.14 bits per heavy atom. The predicted molar refractivity (Wildman–Crippen MR) is 89.1 cm³/mol. The number of hydrogen-bond donors (Lipinski definition) is 0. The van der Waals surface area contributed by atoms with Crippen molar-refractivity contribution in [3.8, 4) is 5.75 Å². The van der Waals surface area contributed by atoms with E-state index < -0.39 is 0 Å². The number of benzene rings is 1. The molecule has 1 aromatic carbocycles. The summed E-state index contributed by atoms with van der Waals surface area (Å²) in [6.07, 6.45) is 4.36. The zero-order valence-electron chi connectivity index (χ0n) is 14.3. The Morgan fingerprint density at radius 3 is 2.29 bits per heavy atom. The van der Waals surface area contributed by atoms with E-state index >= 15 is 0 Å². The van der Waals surface area contributed by atoms with Gasteiger partial charge in [-0.05, 0) is 67.9 Å². The highest BCUT2D eigenvalue weighted by atomic mass is 16.5. The van der Waals surface area contributed by atoms with E-state index in [4.69, 9.17) is 4.74 Å². The van der Waals surface area contributed by atoms with Crippen molar-refractivity contribution in [3.05, 3.63) is 28.8 Å². The van der Waals surface area contributed by atoms with E-state index in [1.54, 1.807) is 0 Å². The van der Waals surface area contributed by atoms with Crippen LogP contribution >= 0.6 is 0 Å². The van der Waals surface area contributed by atoms with E-state index in [1.165, 1.54) is 16.7 Å². The van der Waals surface area contributed by atoms with Crippen molar-refractivity contribution in [1.29, 1.82) is 0 Å². The van der Waals surface area contributed by atoms with Gasteiger partial charge in [0.05, 0.1) is 6.61 Å². The molecule has 1 rings (SSSR count). The first-order valence-corrected chi connectivity index (χ1v) is 8.22. The van der Waals surface area contributed by atoms with Crippen molar-refractivity contribution >= 4 is 5.78 Å². The van der Waals surface area contributed by atoms with Gasteiger partial charge in [-0.2, -0.15) is 0 Å². The molecule has 0 aliphatic heterocycles. The fourth-order valence-electron chi connectivity index (χ4n) is 2.77. The zero-order chi connectivity index (χ0) is 15.8. The molecule has 0 aromatic heterocycles. The fraction of sp³-hybridized carbons (Fsp3) is 0.632. The minimum Gasteiger partial charge on any atom is -0.494 e. The molecule has 0 amide bonds. The second kappa shape index (κ2) is 8.86. The number of carbonyl (C=O) groups excluding carboxylic acids is 1. The summed E-state index contributed by atoms with van der Waals surface area (Å²) in [5.74, 6) is 1.76. The van der Waals surface area contributed by atoms with Gasteiger partial charge >= 0.3 is 0 Å². The zero-order valence-corrected chi connectivity index (χ0v) is 14.3. The SMILES string of the molecule is CCCOc1cc(C)c(CC(C)CC(=O)CCC)c(C)c1. The quantitative estimate of drug-likeness (QED) is 0.637. The third-order valence-electron chi connectivity index (χ3n) is 3.80. The molecule has 0 saturated heterocycles. The highest BCUT2D eigenvalue weighted by Crippen LogP contribution is 2.25. The lowest BCUT2D eigenvalue weighted by atomic mass is 9.90. The van der Waals surface area contributed by atoms with Crippen LogP contribution in [0.4, 0.5) is 0 Å². The van der Waals surface area contributed by atoms with Crippen molar-refractivity contribution in [1.82, 2.24) is 0 Å². The molecule has 0 aliphatic carbocycles. The summed E-state index contributed by atoms with van der Waals surface area (Å²) in [6.45, 7) is 11.4. The molecule has 0 aliphatic rings. The van der Waals surface area contributed by atoms with Gasteiger partial charge in [0.25, 0.3) is 0 Å². The van der Waals surface area contributed by atoms with Gasteiger partial charge in [0.15, 0.2) is 0 Å². The van der Waals surface area contributed by atoms with Gasteiger partial charge in [-0.15, -0.1) is 0 Å². The number of hydrogen-bond acceptors (Lipinski definition) is 2. The van der Waals surface area contributed by atoms with Crippen LogP contribution in [0.5, 0.6) is 5.75 Å². The molecule has 2 nitrogen and oxygen atoms in total. The van der Waals surface area contributed by atoms with Gasteiger partial charge in [0, 0.05) is 12.8 Å². The average molecular weight is 290 g/mol. The normalized spacial score (nSPS) is 12.2. The van der Waals surface area contributed by atoms with Crippen LogP contribution in [-0.2, 0) is 11.2 Å². The van der Waals surface area contributed by atoms with Crippen molar-refractivity contribution in [2.45, 2.75) is 66.7 Å². The first-order valence-electron chi connectivity index (χ1n) is 8.22. The second-order valence-electron chi connectivity index (χ2n) is 6.19. The molecule has 21 heavy (non-hydrogen) atoms. The third kappa shape index (κ3) is 5.91. The maximum Gasteiger partial charge on any atom is 0.133 e. The van der Waals surface area contributed by atoms with Crippen LogP contribution in [0.25, 0.3) is 0 Å². The molecule has 118 valence electrons. The summed E-state index contributed by atoms with van der Waals surface area (Å²) in [4.78, 5) is 11.8. The number of aryl methyl sites for hydroxylation is 2. The van der Waals surface area contributed by atoms with E-state index in [1.807, 2.05) is 0 Å². The van der Waals surface area contributed by atoms with Crippen LogP contribution < -0.4 is 4.74 Å². The van der Waals surface area contributed by atoms with E-state index in [9.17, 15) is 4.79 Å². The Morgan fingerprint density at radius 2 is 1.76 bits per heavy atom. The Hall–Kier alpha value is -1.31. The average Bonchev–Trinajstić information content (AvgIpc) is 2.40. The lowest BCUT2D eigenvalue weighted by Crippen LogP contribution is -2.10. The molecule has 1 atom stereocenters. The topological polar surface area (TPSA) is 26.3 Å². The van der Waals surface area contributed by atoms with Crippen LogP contribution in [0.1, 0.15) is 63.1 Å². The van der Waals surface area contributed by atoms with Crippen molar-refractivity contribution in [3.63, 3.8) is 0 Å². The smallest absolute Gasteiger partial charge is 0.133 e. The molecule has 0 radical (unpaired) electrons. The van der Waals surface area contributed by atoms with E-state index in [-0.39, 0.29) is 0 Å². The maximum atomic E-state index is 11.8. The van der Waals surface area contributed by atoms with Crippen LogP contribution in [0, 0.1) is 19.8 Å². The molecule has 0 fully saturated rings. The van der Waals surface area contributed by atoms with Gasteiger partial charge in [-0.1, -0.05) is 20.8 Å². The van der Waals surface area contributed by atoms with E-state index in [0.717, 1.165) is 31.6 Å². The molecule has 0 saturated carbocycles. The van der Waals surface area contributed by atoms with Gasteiger partial charge in [0.1, 0.15) is 11.5 Å². The lowest BCUT2D eigenvalue weighted by molar-refractivity contribution is -0.119. The summed E-state index contributed by atoms with van der Waals surface area (Å²) in [7, 11) is 0. The summed E-state index contributed by atoms with van der Waals surface area (Å²) in [5, 5.41) is 0. The monoisotopic (exact) mass is 290 g/mol. The third-order valence-corrected chi connectivity index (χ3v) is 3.80. The number of ether oxygens (including phenoxy) is 1. The van der Waals surface area contributed by atoms with Crippen molar-refractivity contribution in [2.24, 2.45) is 5.92 Å². The highest BCUT2D eigenvalue weighted by molar-refractivity contribution is 5.78. The molecule has 2 heteroatoms. The summed E-state index contributed by atoms with van der Waals surface area (Å²) >= 11 is 0. The highest BCUT2D eigenvalue weighted by Gasteiger charge is 2.13. The Labute approximate surface area is 129 Å². The Balaban J connectivity index is 2.72. The van der Waals surface area contributed by atoms with Gasteiger partial charge < -0.3 is 4.74 Å². The minimum absolute atomic E-state index is 0.392.